The van der Waals surface area contributed by atoms with Crippen LogP contribution in [0, 0.1) is 11.7 Å². The molecule has 0 aliphatic carbocycles. The lowest BCUT2D eigenvalue weighted by Gasteiger charge is -2.25. The van der Waals surface area contributed by atoms with Crippen molar-refractivity contribution < 1.29 is 18.7 Å². The molecular weight excluding hydrogens is 403 g/mol. The summed E-state index contributed by atoms with van der Waals surface area (Å²) in [5.74, 6) is -0.536. The first-order chi connectivity index (χ1) is 15.1. The molecule has 4 heterocycles. The summed E-state index contributed by atoms with van der Waals surface area (Å²) >= 11 is 0. The van der Waals surface area contributed by atoms with Gasteiger partial charge in [0.25, 0.3) is 0 Å². The number of ether oxygens (including phenoxy) is 1. The van der Waals surface area contributed by atoms with Crippen molar-refractivity contribution in [2.24, 2.45) is 5.92 Å². The number of hydrogen-bond donors (Lipinski definition) is 1. The number of rotatable bonds is 6. The third-order valence-electron chi connectivity index (χ3n) is 5.48. The third-order valence-corrected chi connectivity index (χ3v) is 5.48. The number of pyridine rings is 1. The molecule has 158 valence electrons. The van der Waals surface area contributed by atoms with Crippen LogP contribution >= 0.6 is 0 Å². The van der Waals surface area contributed by atoms with Crippen molar-refractivity contribution in [1.29, 1.82) is 0 Å². The molecule has 2 saturated heterocycles. The minimum Gasteiger partial charge on any atom is -0.442 e. The van der Waals surface area contributed by atoms with Crippen LogP contribution < -0.4 is 10.2 Å². The average Bonchev–Trinajstić information content (AvgIpc) is 3.36. The second-order valence-corrected chi connectivity index (χ2v) is 7.56. The van der Waals surface area contributed by atoms with Crippen molar-refractivity contribution in [1.82, 2.24) is 25.3 Å². The molecule has 2 aromatic heterocycles. The summed E-state index contributed by atoms with van der Waals surface area (Å²) in [6, 6.07) is 7.86. The van der Waals surface area contributed by atoms with Gasteiger partial charge in [-0.2, -0.15) is 0 Å². The fourth-order valence-corrected chi connectivity index (χ4v) is 3.65. The minimum absolute atomic E-state index is 0.00545. The van der Waals surface area contributed by atoms with Gasteiger partial charge < -0.3 is 10.1 Å². The Labute approximate surface area is 176 Å². The first kappa shape index (κ1) is 19.3. The van der Waals surface area contributed by atoms with E-state index in [-0.39, 0.29) is 18.2 Å². The van der Waals surface area contributed by atoms with Crippen molar-refractivity contribution in [3.8, 4) is 11.1 Å². The number of carbonyl (C=O) groups excluding carboxylic acids is 2. The van der Waals surface area contributed by atoms with E-state index in [2.05, 4.69) is 20.6 Å². The zero-order chi connectivity index (χ0) is 21.4. The summed E-state index contributed by atoms with van der Waals surface area (Å²) in [7, 11) is 0. The van der Waals surface area contributed by atoms with Gasteiger partial charge in [-0.3, -0.25) is 14.7 Å². The molecule has 2 aliphatic heterocycles. The van der Waals surface area contributed by atoms with Crippen molar-refractivity contribution in [3.05, 3.63) is 60.4 Å². The highest BCUT2D eigenvalue weighted by Gasteiger charge is 2.33. The number of aromatic nitrogens is 4. The molecule has 0 spiro atoms. The quantitative estimate of drug-likeness (QED) is 0.606. The number of carbonyl (C=O) groups is 2. The molecule has 0 bridgehead atoms. The van der Waals surface area contributed by atoms with Crippen LogP contribution in [0.2, 0.25) is 0 Å². The molecule has 1 amide bonds. The summed E-state index contributed by atoms with van der Waals surface area (Å²) in [5, 5.41) is 10.6. The number of halogens is 1. The number of nitrogens with one attached hydrogen (secondary N) is 1. The maximum Gasteiger partial charge on any atom is 0.414 e. The lowest BCUT2D eigenvalue weighted by molar-refractivity contribution is 0.0872. The monoisotopic (exact) mass is 422 g/mol. The maximum absolute atomic E-state index is 14.9. The Kier molecular flexibility index (Phi) is 4.91. The van der Waals surface area contributed by atoms with E-state index in [0.717, 1.165) is 0 Å². The van der Waals surface area contributed by atoms with Gasteiger partial charge in [-0.15, -0.1) is 5.10 Å². The normalized spacial score (nSPS) is 18.7. The summed E-state index contributed by atoms with van der Waals surface area (Å²) < 4.78 is 21.8. The van der Waals surface area contributed by atoms with Crippen molar-refractivity contribution >= 4 is 17.6 Å². The van der Waals surface area contributed by atoms with E-state index in [1.54, 1.807) is 41.3 Å². The van der Waals surface area contributed by atoms with Crippen LogP contribution in [-0.4, -0.2) is 57.6 Å². The summed E-state index contributed by atoms with van der Waals surface area (Å²) in [5.41, 5.74) is 1.68. The largest absolute Gasteiger partial charge is 0.442 e. The van der Waals surface area contributed by atoms with Crippen molar-refractivity contribution in [2.75, 3.05) is 24.5 Å². The highest BCUT2D eigenvalue weighted by atomic mass is 19.1. The van der Waals surface area contributed by atoms with E-state index in [9.17, 15) is 14.0 Å². The molecule has 1 atom stereocenters. The zero-order valence-electron chi connectivity index (χ0n) is 16.4. The Bertz CT molecular complexity index is 1110. The minimum atomic E-state index is -0.535. The lowest BCUT2D eigenvalue weighted by atomic mass is 9.95. The van der Waals surface area contributed by atoms with Gasteiger partial charge in [0.2, 0.25) is 0 Å². The van der Waals surface area contributed by atoms with E-state index in [0.29, 0.717) is 42.1 Å². The molecule has 0 unspecified atom stereocenters. The van der Waals surface area contributed by atoms with Crippen LogP contribution in [0.15, 0.2) is 48.9 Å². The number of hydrogen-bond acceptors (Lipinski definition) is 7. The van der Waals surface area contributed by atoms with Gasteiger partial charge in [0.1, 0.15) is 17.6 Å². The topological polar surface area (TPSA) is 102 Å². The Morgan fingerprint density at radius 3 is 2.77 bits per heavy atom. The summed E-state index contributed by atoms with van der Waals surface area (Å²) in [6.45, 7) is 1.98. The molecule has 10 heteroatoms. The molecule has 0 saturated carbocycles. The Hall–Kier alpha value is -3.66. The van der Waals surface area contributed by atoms with E-state index in [1.165, 1.54) is 17.2 Å². The smallest absolute Gasteiger partial charge is 0.414 e. The first-order valence-electron chi connectivity index (χ1n) is 9.91. The zero-order valence-corrected chi connectivity index (χ0v) is 16.4. The fraction of sp³-hybridized carbons (Fsp3) is 0.286. The van der Waals surface area contributed by atoms with Gasteiger partial charge in [-0.05, 0) is 24.3 Å². The summed E-state index contributed by atoms with van der Waals surface area (Å²) in [6.07, 6.45) is 3.78. The molecule has 1 aromatic carbocycles. The highest BCUT2D eigenvalue weighted by molar-refractivity contribution is 5.97. The number of anilines is 1. The van der Waals surface area contributed by atoms with Crippen molar-refractivity contribution in [2.45, 2.75) is 12.6 Å². The number of benzene rings is 1. The van der Waals surface area contributed by atoms with Gasteiger partial charge in [-0.25, -0.2) is 13.9 Å². The van der Waals surface area contributed by atoms with Crippen LogP contribution in [0.1, 0.15) is 10.5 Å². The predicted octanol–water partition coefficient (Wildman–Crippen LogP) is 1.91. The second kappa shape index (κ2) is 7.88. The van der Waals surface area contributed by atoms with Gasteiger partial charge >= 0.3 is 6.09 Å². The van der Waals surface area contributed by atoms with Gasteiger partial charge in [0.05, 0.1) is 25.0 Å². The Morgan fingerprint density at radius 2 is 2.13 bits per heavy atom. The Morgan fingerprint density at radius 1 is 1.26 bits per heavy atom. The van der Waals surface area contributed by atoms with Gasteiger partial charge in [-0.1, -0.05) is 11.3 Å². The second-order valence-electron chi connectivity index (χ2n) is 7.56. The van der Waals surface area contributed by atoms with E-state index in [1.807, 2.05) is 0 Å². The maximum atomic E-state index is 14.9. The van der Waals surface area contributed by atoms with Gasteiger partial charge in [0, 0.05) is 42.5 Å². The number of amides is 1. The molecule has 2 aliphatic rings. The number of nitrogens with zero attached hydrogens (tertiary/aromatic N) is 5. The molecular formula is C21H19FN6O3. The van der Waals surface area contributed by atoms with Crippen LogP contribution in [0.3, 0.4) is 0 Å². The van der Waals surface area contributed by atoms with Crippen LogP contribution in [0.25, 0.3) is 11.1 Å². The lowest BCUT2D eigenvalue weighted by Crippen LogP contribution is -2.46. The summed E-state index contributed by atoms with van der Waals surface area (Å²) in [4.78, 5) is 30.1. The highest BCUT2D eigenvalue weighted by Crippen LogP contribution is 2.29. The molecule has 2 fully saturated rings. The first-order valence-corrected chi connectivity index (χ1v) is 9.91. The number of ketones is 1. The molecule has 1 N–H and O–H groups in total. The third kappa shape index (κ3) is 3.77. The van der Waals surface area contributed by atoms with Crippen LogP contribution in [0.4, 0.5) is 14.9 Å². The number of Topliss-reactive ketones (excluding diaryl/α,β-unsaturated/α-hetero) is 1. The molecule has 9 nitrogen and oxygen atoms in total. The number of cyclic esters (lactones) is 1. The van der Waals surface area contributed by atoms with Crippen LogP contribution in [-0.2, 0) is 11.3 Å². The molecule has 31 heavy (non-hydrogen) atoms. The van der Waals surface area contributed by atoms with E-state index >= 15 is 0 Å². The Balaban J connectivity index is 1.30. The SMILES string of the molecule is O=C(c1ccc(-c2ccc(N3C[C@H](Cn4ccnn4)OC3=O)cc2F)cn1)C1CNC1. The average molecular weight is 422 g/mol. The van der Waals surface area contributed by atoms with Gasteiger partial charge in [0.15, 0.2) is 5.78 Å². The van der Waals surface area contributed by atoms with Crippen molar-refractivity contribution in [3.63, 3.8) is 0 Å². The molecule has 3 aromatic rings. The molecule has 0 radical (unpaired) electrons. The van der Waals surface area contributed by atoms with Crippen LogP contribution in [0.5, 0.6) is 0 Å². The molecule has 5 rings (SSSR count). The standard InChI is InChI=1S/C21H19FN6O3/c22-18-7-15(28-12-16(31-21(28)30)11-27-6-5-25-26-27)2-3-17(18)13-1-4-19(24-10-13)20(29)14-8-23-9-14/h1-7,10,14,16,23H,8-9,11-12H2/t16-/m0/s1. The van der Waals surface area contributed by atoms with E-state index < -0.39 is 18.0 Å². The predicted molar refractivity (Wildman–Crippen MR) is 108 cm³/mol. The van der Waals surface area contributed by atoms with E-state index in [4.69, 9.17) is 4.74 Å². The fourth-order valence-electron chi connectivity index (χ4n) is 3.65.